The largest absolute Gasteiger partial charge is 0.383 e. The van der Waals surface area contributed by atoms with Crippen molar-refractivity contribution in [2.24, 2.45) is 0 Å². The summed E-state index contributed by atoms with van der Waals surface area (Å²) in [6.45, 7) is 6.82. The molecule has 3 nitrogen and oxygen atoms in total. The number of likely N-dealkylation sites (tertiary alicyclic amines) is 1. The zero-order chi connectivity index (χ0) is 10.7. The average molecular weight is 212 g/mol. The van der Waals surface area contributed by atoms with E-state index >= 15 is 0 Å². The molecule has 2 heterocycles. The highest BCUT2D eigenvalue weighted by atomic mass is 16.5. The number of piperidine rings is 1. The summed E-state index contributed by atoms with van der Waals surface area (Å²) in [5, 5.41) is 3.47. The van der Waals surface area contributed by atoms with Crippen LogP contribution in [0.4, 0.5) is 0 Å². The Balaban J connectivity index is 2.02. The predicted octanol–water partition coefficient (Wildman–Crippen LogP) is 1.24. The Hall–Kier alpha value is -0.120. The van der Waals surface area contributed by atoms with E-state index in [1.54, 1.807) is 0 Å². The van der Waals surface area contributed by atoms with Crippen molar-refractivity contribution < 1.29 is 4.74 Å². The summed E-state index contributed by atoms with van der Waals surface area (Å²) < 4.78 is 5.29. The predicted molar refractivity (Wildman–Crippen MR) is 62.1 cm³/mol. The van der Waals surface area contributed by atoms with Gasteiger partial charge in [-0.3, -0.25) is 4.90 Å². The van der Waals surface area contributed by atoms with Crippen LogP contribution in [0.1, 0.15) is 32.6 Å². The van der Waals surface area contributed by atoms with E-state index in [1.807, 2.05) is 7.11 Å². The van der Waals surface area contributed by atoms with Gasteiger partial charge >= 0.3 is 0 Å². The van der Waals surface area contributed by atoms with Gasteiger partial charge in [-0.1, -0.05) is 0 Å². The van der Waals surface area contributed by atoms with Crippen LogP contribution in [-0.2, 0) is 4.74 Å². The molecular formula is C12H24N2O. The molecule has 1 N–H and O–H groups in total. The quantitative estimate of drug-likeness (QED) is 0.762. The standard InChI is InChI=1S/C12H24N2O/c1-11(10-15-2)14-9-3-4-12(14)5-7-13-8-6-12/h11,13H,3-10H2,1-2H3. The van der Waals surface area contributed by atoms with Crippen molar-refractivity contribution in [3.63, 3.8) is 0 Å². The maximum absolute atomic E-state index is 5.29. The van der Waals surface area contributed by atoms with Crippen LogP contribution >= 0.6 is 0 Å². The van der Waals surface area contributed by atoms with E-state index < -0.39 is 0 Å². The van der Waals surface area contributed by atoms with E-state index in [2.05, 4.69) is 17.1 Å². The third-order valence-electron chi connectivity index (χ3n) is 4.12. The number of nitrogens with one attached hydrogen (secondary N) is 1. The number of hydrogen-bond acceptors (Lipinski definition) is 3. The van der Waals surface area contributed by atoms with Crippen LogP contribution in [0.15, 0.2) is 0 Å². The van der Waals surface area contributed by atoms with Gasteiger partial charge in [-0.05, 0) is 52.2 Å². The van der Waals surface area contributed by atoms with Crippen molar-refractivity contribution in [1.82, 2.24) is 10.2 Å². The zero-order valence-corrected chi connectivity index (χ0v) is 10.1. The monoisotopic (exact) mass is 212 g/mol. The van der Waals surface area contributed by atoms with Gasteiger partial charge in [-0.25, -0.2) is 0 Å². The lowest BCUT2D eigenvalue weighted by molar-refractivity contribution is 0.0256. The van der Waals surface area contributed by atoms with Gasteiger partial charge in [0.1, 0.15) is 0 Å². The molecule has 2 saturated heterocycles. The molecule has 0 aromatic carbocycles. The fourth-order valence-electron chi connectivity index (χ4n) is 3.41. The topological polar surface area (TPSA) is 24.5 Å². The minimum Gasteiger partial charge on any atom is -0.383 e. The summed E-state index contributed by atoms with van der Waals surface area (Å²) in [7, 11) is 1.81. The van der Waals surface area contributed by atoms with E-state index in [0.29, 0.717) is 11.6 Å². The van der Waals surface area contributed by atoms with Crippen LogP contribution in [0.3, 0.4) is 0 Å². The van der Waals surface area contributed by atoms with Gasteiger partial charge in [0.2, 0.25) is 0 Å². The molecule has 2 rings (SSSR count). The van der Waals surface area contributed by atoms with E-state index in [9.17, 15) is 0 Å². The lowest BCUT2D eigenvalue weighted by Gasteiger charge is -2.44. The highest BCUT2D eigenvalue weighted by Gasteiger charge is 2.43. The van der Waals surface area contributed by atoms with Gasteiger partial charge in [0.15, 0.2) is 0 Å². The normalized spacial score (nSPS) is 28.4. The van der Waals surface area contributed by atoms with E-state index in [-0.39, 0.29) is 0 Å². The second-order valence-corrected chi connectivity index (χ2v) is 5.08. The number of rotatable bonds is 3. The molecule has 0 aliphatic carbocycles. The van der Waals surface area contributed by atoms with Crippen LogP contribution in [0.25, 0.3) is 0 Å². The van der Waals surface area contributed by atoms with E-state index in [1.165, 1.54) is 45.3 Å². The first kappa shape index (κ1) is 11.4. The van der Waals surface area contributed by atoms with E-state index in [4.69, 9.17) is 4.74 Å². The molecule has 1 spiro atoms. The van der Waals surface area contributed by atoms with Gasteiger partial charge < -0.3 is 10.1 Å². The molecule has 88 valence electrons. The highest BCUT2D eigenvalue weighted by Crippen LogP contribution is 2.38. The second-order valence-electron chi connectivity index (χ2n) is 5.08. The molecule has 2 aliphatic heterocycles. The third-order valence-corrected chi connectivity index (χ3v) is 4.12. The Morgan fingerprint density at radius 1 is 1.33 bits per heavy atom. The molecule has 1 atom stereocenters. The summed E-state index contributed by atoms with van der Waals surface area (Å²) in [6.07, 6.45) is 5.40. The molecule has 0 aromatic heterocycles. The summed E-state index contributed by atoms with van der Waals surface area (Å²) in [6, 6.07) is 0.579. The smallest absolute Gasteiger partial charge is 0.0615 e. The maximum atomic E-state index is 5.29. The summed E-state index contributed by atoms with van der Waals surface area (Å²) in [4.78, 5) is 2.71. The van der Waals surface area contributed by atoms with Crippen LogP contribution in [-0.4, -0.2) is 49.8 Å². The van der Waals surface area contributed by atoms with Crippen LogP contribution in [0.5, 0.6) is 0 Å². The lowest BCUT2D eigenvalue weighted by Crippen LogP contribution is -2.54. The fourth-order valence-corrected chi connectivity index (χ4v) is 3.41. The maximum Gasteiger partial charge on any atom is 0.0615 e. The van der Waals surface area contributed by atoms with Crippen LogP contribution < -0.4 is 5.32 Å². The minimum absolute atomic E-state index is 0.503. The third kappa shape index (κ3) is 2.19. The van der Waals surface area contributed by atoms with Gasteiger partial charge in [-0.2, -0.15) is 0 Å². The van der Waals surface area contributed by atoms with Gasteiger partial charge in [-0.15, -0.1) is 0 Å². The van der Waals surface area contributed by atoms with E-state index in [0.717, 1.165) is 6.61 Å². The summed E-state index contributed by atoms with van der Waals surface area (Å²) in [5.74, 6) is 0. The first-order valence-electron chi connectivity index (χ1n) is 6.25. The lowest BCUT2D eigenvalue weighted by atomic mass is 9.85. The minimum atomic E-state index is 0.503. The Labute approximate surface area is 93.2 Å². The Morgan fingerprint density at radius 3 is 2.73 bits per heavy atom. The molecular weight excluding hydrogens is 188 g/mol. The van der Waals surface area contributed by atoms with Gasteiger partial charge in [0.25, 0.3) is 0 Å². The first-order valence-corrected chi connectivity index (χ1v) is 6.25. The molecule has 0 saturated carbocycles. The number of methoxy groups -OCH3 is 1. The second kappa shape index (κ2) is 4.81. The van der Waals surface area contributed by atoms with Gasteiger partial charge in [0.05, 0.1) is 6.61 Å². The van der Waals surface area contributed by atoms with Crippen molar-refractivity contribution in [3.8, 4) is 0 Å². The molecule has 15 heavy (non-hydrogen) atoms. The molecule has 0 aromatic rings. The molecule has 0 amide bonds. The zero-order valence-electron chi connectivity index (χ0n) is 10.1. The van der Waals surface area contributed by atoms with Crippen LogP contribution in [0, 0.1) is 0 Å². The summed E-state index contributed by atoms with van der Waals surface area (Å²) in [5.41, 5.74) is 0.503. The Kier molecular flexibility index (Phi) is 3.65. The molecule has 0 radical (unpaired) electrons. The van der Waals surface area contributed by atoms with Crippen molar-refractivity contribution in [1.29, 1.82) is 0 Å². The highest BCUT2D eigenvalue weighted by molar-refractivity contribution is 5.00. The molecule has 2 aliphatic rings. The molecule has 0 bridgehead atoms. The first-order chi connectivity index (χ1) is 7.28. The molecule has 1 unspecified atom stereocenters. The van der Waals surface area contributed by atoms with Crippen molar-refractivity contribution >= 4 is 0 Å². The SMILES string of the molecule is COCC(C)N1CCCC12CCNCC2. The molecule has 2 fully saturated rings. The van der Waals surface area contributed by atoms with Crippen molar-refractivity contribution in [3.05, 3.63) is 0 Å². The number of ether oxygens (including phenoxy) is 1. The average Bonchev–Trinajstić information content (AvgIpc) is 2.63. The molecule has 3 heteroatoms. The number of hydrogen-bond donors (Lipinski definition) is 1. The fraction of sp³-hybridized carbons (Fsp3) is 1.00. The Bertz CT molecular complexity index is 202. The number of nitrogens with zero attached hydrogens (tertiary/aromatic N) is 1. The van der Waals surface area contributed by atoms with Crippen LogP contribution in [0.2, 0.25) is 0 Å². The van der Waals surface area contributed by atoms with Crippen molar-refractivity contribution in [2.75, 3.05) is 33.4 Å². The Morgan fingerprint density at radius 2 is 2.07 bits per heavy atom. The van der Waals surface area contributed by atoms with Crippen molar-refractivity contribution in [2.45, 2.75) is 44.2 Å². The van der Waals surface area contributed by atoms with Gasteiger partial charge in [0, 0.05) is 18.7 Å². The summed E-state index contributed by atoms with van der Waals surface area (Å²) >= 11 is 0.